The van der Waals surface area contributed by atoms with E-state index in [1.807, 2.05) is 38.1 Å². The molecule has 1 aromatic carbocycles. The summed E-state index contributed by atoms with van der Waals surface area (Å²) in [5.74, 6) is 1.44. The van der Waals surface area contributed by atoms with E-state index in [1.165, 1.54) is 0 Å². The molecule has 2 aromatic rings. The molecular weight excluding hydrogens is 254 g/mol. The predicted molar refractivity (Wildman–Crippen MR) is 76.0 cm³/mol. The van der Waals surface area contributed by atoms with Gasteiger partial charge in [0.2, 0.25) is 5.91 Å². The van der Waals surface area contributed by atoms with Gasteiger partial charge in [0.25, 0.3) is 0 Å². The molecule has 0 saturated carbocycles. The van der Waals surface area contributed by atoms with Crippen LogP contribution in [0.1, 0.15) is 36.1 Å². The number of hydrogen-bond donors (Lipinski definition) is 2. The second-order valence-corrected chi connectivity index (χ2v) is 4.89. The van der Waals surface area contributed by atoms with Crippen molar-refractivity contribution in [3.05, 3.63) is 41.1 Å². The molecule has 0 radical (unpaired) electrons. The van der Waals surface area contributed by atoms with E-state index in [9.17, 15) is 4.79 Å². The SMILES string of the molecule is CCOc1ccccc1[C@H]1CC(=O)Nc2n[nH]c(C)c21. The van der Waals surface area contributed by atoms with E-state index < -0.39 is 0 Å². The van der Waals surface area contributed by atoms with Gasteiger partial charge in [-0.1, -0.05) is 18.2 Å². The summed E-state index contributed by atoms with van der Waals surface area (Å²) in [5, 5.41) is 9.92. The lowest BCUT2D eigenvalue weighted by atomic mass is 9.85. The molecule has 5 heteroatoms. The number of nitrogens with zero attached hydrogens (tertiary/aromatic N) is 1. The molecule has 1 amide bonds. The number of benzene rings is 1. The van der Waals surface area contributed by atoms with Crippen LogP contribution in [0.4, 0.5) is 5.82 Å². The van der Waals surface area contributed by atoms with Crippen LogP contribution >= 0.6 is 0 Å². The number of amides is 1. The number of fused-ring (bicyclic) bond motifs is 1. The van der Waals surface area contributed by atoms with Gasteiger partial charge in [0.15, 0.2) is 5.82 Å². The van der Waals surface area contributed by atoms with E-state index in [2.05, 4.69) is 15.5 Å². The highest BCUT2D eigenvalue weighted by molar-refractivity contribution is 5.94. The topological polar surface area (TPSA) is 67.0 Å². The van der Waals surface area contributed by atoms with E-state index >= 15 is 0 Å². The van der Waals surface area contributed by atoms with Crippen LogP contribution in [0.25, 0.3) is 0 Å². The molecular formula is C15H17N3O2. The number of hydrogen-bond acceptors (Lipinski definition) is 3. The highest BCUT2D eigenvalue weighted by Gasteiger charge is 2.31. The number of ether oxygens (including phenoxy) is 1. The summed E-state index contributed by atoms with van der Waals surface area (Å²) in [6.45, 7) is 4.53. The van der Waals surface area contributed by atoms with Gasteiger partial charge in [0, 0.05) is 29.2 Å². The van der Waals surface area contributed by atoms with Gasteiger partial charge in [-0.15, -0.1) is 0 Å². The summed E-state index contributed by atoms with van der Waals surface area (Å²) in [4.78, 5) is 11.9. The monoisotopic (exact) mass is 271 g/mol. The highest BCUT2D eigenvalue weighted by atomic mass is 16.5. The van der Waals surface area contributed by atoms with Crippen LogP contribution in [0.5, 0.6) is 5.75 Å². The summed E-state index contributed by atoms with van der Waals surface area (Å²) in [6, 6.07) is 7.88. The van der Waals surface area contributed by atoms with E-state index in [0.717, 1.165) is 22.6 Å². The molecule has 2 heterocycles. The number of carbonyl (C=O) groups excluding carboxylic acids is 1. The lowest BCUT2D eigenvalue weighted by Gasteiger charge is -2.24. The second-order valence-electron chi connectivity index (χ2n) is 4.89. The second kappa shape index (κ2) is 5.00. The number of carbonyl (C=O) groups is 1. The first-order valence-corrected chi connectivity index (χ1v) is 6.77. The Hall–Kier alpha value is -2.30. The van der Waals surface area contributed by atoms with Crippen molar-refractivity contribution >= 4 is 11.7 Å². The molecule has 3 rings (SSSR count). The zero-order chi connectivity index (χ0) is 14.1. The van der Waals surface area contributed by atoms with Gasteiger partial charge in [0.1, 0.15) is 5.75 Å². The van der Waals surface area contributed by atoms with Crippen molar-refractivity contribution in [2.45, 2.75) is 26.2 Å². The molecule has 104 valence electrons. The molecule has 0 fully saturated rings. The number of aryl methyl sites for hydroxylation is 1. The Labute approximate surface area is 117 Å². The third-order valence-electron chi connectivity index (χ3n) is 3.58. The molecule has 0 spiro atoms. The van der Waals surface area contributed by atoms with Crippen molar-refractivity contribution in [2.24, 2.45) is 0 Å². The first-order chi connectivity index (χ1) is 9.70. The Morgan fingerprint density at radius 2 is 2.20 bits per heavy atom. The van der Waals surface area contributed by atoms with E-state index in [1.54, 1.807) is 0 Å². The van der Waals surface area contributed by atoms with Crippen LogP contribution in [0.15, 0.2) is 24.3 Å². The Morgan fingerprint density at radius 1 is 1.40 bits per heavy atom. The quantitative estimate of drug-likeness (QED) is 0.901. The molecule has 20 heavy (non-hydrogen) atoms. The predicted octanol–water partition coefficient (Wildman–Crippen LogP) is 2.59. The summed E-state index contributed by atoms with van der Waals surface area (Å²) in [6.07, 6.45) is 0.414. The number of para-hydroxylation sites is 1. The van der Waals surface area contributed by atoms with Crippen LogP contribution in [0.3, 0.4) is 0 Å². The smallest absolute Gasteiger partial charge is 0.226 e. The molecule has 5 nitrogen and oxygen atoms in total. The number of aromatic amines is 1. The molecule has 1 aliphatic rings. The third kappa shape index (κ3) is 2.05. The summed E-state index contributed by atoms with van der Waals surface area (Å²) >= 11 is 0. The summed E-state index contributed by atoms with van der Waals surface area (Å²) in [5.41, 5.74) is 3.07. The van der Waals surface area contributed by atoms with Gasteiger partial charge in [-0.25, -0.2) is 0 Å². The molecule has 1 aliphatic heterocycles. The summed E-state index contributed by atoms with van der Waals surface area (Å²) < 4.78 is 5.69. The molecule has 0 unspecified atom stereocenters. The summed E-state index contributed by atoms with van der Waals surface area (Å²) in [7, 11) is 0. The van der Waals surface area contributed by atoms with Gasteiger partial charge in [-0.05, 0) is 19.9 Å². The van der Waals surface area contributed by atoms with Crippen molar-refractivity contribution in [3.8, 4) is 5.75 Å². The molecule has 1 atom stereocenters. The fourth-order valence-corrected chi connectivity index (χ4v) is 2.75. The first-order valence-electron chi connectivity index (χ1n) is 6.77. The number of aromatic nitrogens is 2. The third-order valence-corrected chi connectivity index (χ3v) is 3.58. The van der Waals surface area contributed by atoms with Crippen LogP contribution in [-0.2, 0) is 4.79 Å². The number of H-pyrrole nitrogens is 1. The fourth-order valence-electron chi connectivity index (χ4n) is 2.75. The lowest BCUT2D eigenvalue weighted by molar-refractivity contribution is -0.116. The lowest BCUT2D eigenvalue weighted by Crippen LogP contribution is -2.23. The van der Waals surface area contributed by atoms with Gasteiger partial charge in [-0.3, -0.25) is 9.89 Å². The van der Waals surface area contributed by atoms with Gasteiger partial charge in [0.05, 0.1) is 6.61 Å². The van der Waals surface area contributed by atoms with Crippen molar-refractivity contribution < 1.29 is 9.53 Å². The largest absolute Gasteiger partial charge is 0.494 e. The maximum absolute atomic E-state index is 11.9. The maximum Gasteiger partial charge on any atom is 0.226 e. The average molecular weight is 271 g/mol. The Bertz CT molecular complexity index is 648. The van der Waals surface area contributed by atoms with E-state index in [-0.39, 0.29) is 11.8 Å². The minimum absolute atomic E-state index is 0.0136. The van der Waals surface area contributed by atoms with Crippen LogP contribution in [0.2, 0.25) is 0 Å². The van der Waals surface area contributed by atoms with Crippen molar-refractivity contribution in [1.82, 2.24) is 10.2 Å². The van der Waals surface area contributed by atoms with Gasteiger partial charge < -0.3 is 10.1 Å². The standard InChI is InChI=1S/C15H17N3O2/c1-3-20-12-7-5-4-6-10(12)11-8-13(19)16-15-14(11)9(2)17-18-15/h4-7,11H,3,8H2,1-2H3,(H2,16,17,18,19)/t11-/m1/s1. The van der Waals surface area contributed by atoms with Crippen LogP contribution in [0, 0.1) is 6.92 Å². The number of nitrogens with one attached hydrogen (secondary N) is 2. The zero-order valence-electron chi connectivity index (χ0n) is 11.6. The molecule has 0 aliphatic carbocycles. The average Bonchev–Trinajstić information content (AvgIpc) is 2.80. The molecule has 1 aromatic heterocycles. The number of anilines is 1. The van der Waals surface area contributed by atoms with Crippen LogP contribution < -0.4 is 10.1 Å². The van der Waals surface area contributed by atoms with Gasteiger partial charge >= 0.3 is 0 Å². The number of rotatable bonds is 3. The Kier molecular flexibility index (Phi) is 3.18. The Morgan fingerprint density at radius 3 is 3.00 bits per heavy atom. The fraction of sp³-hybridized carbons (Fsp3) is 0.333. The van der Waals surface area contributed by atoms with Crippen molar-refractivity contribution in [1.29, 1.82) is 0 Å². The first kappa shape index (κ1) is 12.7. The van der Waals surface area contributed by atoms with E-state index in [4.69, 9.17) is 4.74 Å². The minimum Gasteiger partial charge on any atom is -0.494 e. The molecule has 2 N–H and O–H groups in total. The normalized spacial score (nSPS) is 17.5. The minimum atomic E-state index is -0.0137. The molecule has 0 saturated heterocycles. The van der Waals surface area contributed by atoms with Crippen molar-refractivity contribution in [2.75, 3.05) is 11.9 Å². The maximum atomic E-state index is 11.9. The van der Waals surface area contributed by atoms with Crippen molar-refractivity contribution in [3.63, 3.8) is 0 Å². The van der Waals surface area contributed by atoms with Crippen LogP contribution in [-0.4, -0.2) is 22.7 Å². The zero-order valence-corrected chi connectivity index (χ0v) is 11.6. The highest BCUT2D eigenvalue weighted by Crippen LogP contribution is 2.41. The Balaban J connectivity index is 2.10. The molecule has 0 bridgehead atoms. The van der Waals surface area contributed by atoms with E-state index in [0.29, 0.717) is 18.8 Å². The van der Waals surface area contributed by atoms with Gasteiger partial charge in [-0.2, -0.15) is 5.10 Å².